The zero-order chi connectivity index (χ0) is 21.8. The van der Waals surface area contributed by atoms with E-state index in [9.17, 15) is 14.7 Å². The maximum atomic E-state index is 12.6. The normalized spacial score (nSPS) is 11.2. The molecule has 2 rings (SSSR count). The van der Waals surface area contributed by atoms with E-state index in [-0.39, 0.29) is 30.1 Å². The number of methoxy groups -OCH3 is 1. The Balaban J connectivity index is 0.00000480. The molecule has 31 heavy (non-hydrogen) atoms. The lowest BCUT2D eigenvalue weighted by Gasteiger charge is -2.17. The van der Waals surface area contributed by atoms with Crippen molar-refractivity contribution in [3.05, 3.63) is 59.7 Å². The van der Waals surface area contributed by atoms with Crippen LogP contribution in [0, 0.1) is 0 Å². The number of nitrogens with one attached hydrogen (secondary N) is 1. The van der Waals surface area contributed by atoms with Crippen LogP contribution in [0.25, 0.3) is 0 Å². The Kier molecular flexibility index (Phi) is 12.1. The summed E-state index contributed by atoms with van der Waals surface area (Å²) in [5, 5.41) is 12.9. The first kappa shape index (κ1) is 26.3. The Labute approximate surface area is 189 Å². The molecule has 0 bridgehead atoms. The van der Waals surface area contributed by atoms with Gasteiger partial charge in [-0.15, -0.1) is 12.4 Å². The van der Waals surface area contributed by atoms with Crippen molar-refractivity contribution in [2.45, 2.75) is 38.1 Å². The van der Waals surface area contributed by atoms with Crippen molar-refractivity contribution in [1.82, 2.24) is 5.32 Å². The zero-order valence-electron chi connectivity index (χ0n) is 17.7. The van der Waals surface area contributed by atoms with Gasteiger partial charge in [0, 0.05) is 12.5 Å². The lowest BCUT2D eigenvalue weighted by Crippen LogP contribution is -2.43. The number of phenols is 1. The number of phenolic OH excluding ortho intramolecular Hbond substituents is 1. The summed E-state index contributed by atoms with van der Waals surface area (Å²) >= 11 is 0. The van der Waals surface area contributed by atoms with Crippen LogP contribution in [0.5, 0.6) is 11.5 Å². The van der Waals surface area contributed by atoms with Crippen LogP contribution in [0.15, 0.2) is 48.5 Å². The molecule has 2 aromatic carbocycles. The second-order valence-corrected chi connectivity index (χ2v) is 6.97. The molecule has 0 fully saturated rings. The smallest absolute Gasteiger partial charge is 0.328 e. The second-order valence-electron chi connectivity index (χ2n) is 6.97. The Morgan fingerprint density at radius 3 is 2.42 bits per heavy atom. The number of hydrogen-bond acceptors (Lipinski definition) is 6. The number of carbonyl (C=O) groups excluding carboxylic acids is 2. The first-order valence-corrected chi connectivity index (χ1v) is 10.1. The number of rotatable bonds is 12. The molecule has 0 heterocycles. The van der Waals surface area contributed by atoms with Crippen molar-refractivity contribution in [3.63, 3.8) is 0 Å². The van der Waals surface area contributed by atoms with E-state index < -0.39 is 17.9 Å². The lowest BCUT2D eigenvalue weighted by molar-refractivity contribution is -0.142. The fourth-order valence-corrected chi connectivity index (χ4v) is 3.00. The van der Waals surface area contributed by atoms with Gasteiger partial charge in [-0.2, -0.15) is 0 Å². The first-order valence-electron chi connectivity index (χ1n) is 10.1. The Bertz CT molecular complexity index is 817. The molecule has 0 aliphatic rings. The third kappa shape index (κ3) is 8.86. The molecular formula is C23H31ClN2O5. The lowest BCUT2D eigenvalue weighted by atomic mass is 10.1. The molecule has 2 aromatic rings. The summed E-state index contributed by atoms with van der Waals surface area (Å²) in [7, 11) is 1.27. The standard InChI is InChI=1S/C23H30N2O5.ClH/c1-29-23(28)20(15-17-9-5-4-6-10-17)25-22(27)19-12-11-18(16-21(19)26)30-14-8-3-2-7-13-24;/h4-6,9-12,16,20,26H,2-3,7-8,13-15,24H2,1H3,(H,25,27);1H/t20-;/m0./s1. The van der Waals surface area contributed by atoms with Crippen molar-refractivity contribution in [2.24, 2.45) is 5.73 Å². The minimum atomic E-state index is -0.867. The molecule has 0 saturated heterocycles. The molecule has 0 unspecified atom stereocenters. The fraction of sp³-hybridized carbons (Fsp3) is 0.391. The summed E-state index contributed by atoms with van der Waals surface area (Å²) in [4.78, 5) is 24.7. The number of hydrogen-bond donors (Lipinski definition) is 3. The van der Waals surface area contributed by atoms with Crippen LogP contribution >= 0.6 is 12.4 Å². The molecular weight excluding hydrogens is 420 g/mol. The van der Waals surface area contributed by atoms with Gasteiger partial charge in [0.15, 0.2) is 0 Å². The number of esters is 1. The van der Waals surface area contributed by atoms with Crippen LogP contribution in [0.3, 0.4) is 0 Å². The van der Waals surface area contributed by atoms with E-state index in [2.05, 4.69) is 5.32 Å². The molecule has 0 aliphatic heterocycles. The Morgan fingerprint density at radius 1 is 1.06 bits per heavy atom. The summed E-state index contributed by atoms with van der Waals surface area (Å²) in [6.45, 7) is 1.22. The van der Waals surface area contributed by atoms with E-state index in [4.69, 9.17) is 15.2 Å². The number of aromatic hydroxyl groups is 1. The van der Waals surface area contributed by atoms with Crippen LogP contribution in [0.1, 0.15) is 41.6 Å². The molecule has 8 heteroatoms. The molecule has 170 valence electrons. The summed E-state index contributed by atoms with van der Waals surface area (Å²) in [6, 6.07) is 12.9. The van der Waals surface area contributed by atoms with Crippen LogP contribution in [0.2, 0.25) is 0 Å². The average molecular weight is 451 g/mol. The van der Waals surface area contributed by atoms with Crippen LogP contribution in [-0.2, 0) is 16.0 Å². The van der Waals surface area contributed by atoms with E-state index in [1.54, 1.807) is 6.07 Å². The van der Waals surface area contributed by atoms with Gasteiger partial charge in [0.25, 0.3) is 5.91 Å². The minimum absolute atomic E-state index is 0. The molecule has 0 spiro atoms. The van der Waals surface area contributed by atoms with Crippen LogP contribution in [-0.4, -0.2) is 43.3 Å². The number of halogens is 1. The molecule has 1 amide bonds. The van der Waals surface area contributed by atoms with E-state index in [1.807, 2.05) is 30.3 Å². The highest BCUT2D eigenvalue weighted by molar-refractivity contribution is 5.99. The molecule has 0 aliphatic carbocycles. The fourth-order valence-electron chi connectivity index (χ4n) is 3.00. The van der Waals surface area contributed by atoms with Crippen LogP contribution < -0.4 is 15.8 Å². The number of benzene rings is 2. The number of ether oxygens (including phenoxy) is 2. The molecule has 0 saturated carbocycles. The highest BCUT2D eigenvalue weighted by Gasteiger charge is 2.24. The van der Waals surface area contributed by atoms with Gasteiger partial charge in [0.05, 0.1) is 19.3 Å². The molecule has 0 radical (unpaired) electrons. The van der Waals surface area contributed by atoms with Crippen molar-refractivity contribution in [2.75, 3.05) is 20.3 Å². The quantitative estimate of drug-likeness (QED) is 0.338. The SMILES string of the molecule is COC(=O)[C@H](Cc1ccccc1)NC(=O)c1ccc(OCCCCCCN)cc1O.Cl. The third-order valence-electron chi connectivity index (χ3n) is 4.65. The van der Waals surface area contributed by atoms with Gasteiger partial charge >= 0.3 is 5.97 Å². The largest absolute Gasteiger partial charge is 0.507 e. The molecule has 1 atom stereocenters. The van der Waals surface area contributed by atoms with Crippen molar-refractivity contribution in [3.8, 4) is 11.5 Å². The predicted octanol–water partition coefficient (Wildman–Crippen LogP) is 3.23. The maximum absolute atomic E-state index is 12.6. The highest BCUT2D eigenvalue weighted by Crippen LogP contribution is 2.24. The van der Waals surface area contributed by atoms with Crippen LogP contribution in [0.4, 0.5) is 0 Å². The second kappa shape index (κ2) is 14.3. The summed E-state index contributed by atoms with van der Waals surface area (Å²) in [5.41, 5.74) is 6.41. The average Bonchev–Trinajstić information content (AvgIpc) is 2.75. The highest BCUT2D eigenvalue weighted by atomic mass is 35.5. The molecule has 0 aromatic heterocycles. The maximum Gasteiger partial charge on any atom is 0.328 e. The van der Waals surface area contributed by atoms with Gasteiger partial charge in [-0.3, -0.25) is 4.79 Å². The Morgan fingerprint density at radius 2 is 1.77 bits per heavy atom. The van der Waals surface area contributed by atoms with E-state index in [0.29, 0.717) is 18.9 Å². The van der Waals surface area contributed by atoms with Gasteiger partial charge in [-0.1, -0.05) is 43.2 Å². The van der Waals surface area contributed by atoms with Gasteiger partial charge in [0.2, 0.25) is 0 Å². The summed E-state index contributed by atoms with van der Waals surface area (Å²) in [5.74, 6) is -0.846. The van der Waals surface area contributed by atoms with E-state index >= 15 is 0 Å². The van der Waals surface area contributed by atoms with Crippen molar-refractivity contribution >= 4 is 24.3 Å². The summed E-state index contributed by atoms with van der Waals surface area (Å²) < 4.78 is 10.4. The predicted molar refractivity (Wildman–Crippen MR) is 122 cm³/mol. The number of amides is 1. The minimum Gasteiger partial charge on any atom is -0.507 e. The topological polar surface area (TPSA) is 111 Å². The number of unbranched alkanes of at least 4 members (excludes halogenated alkanes) is 3. The first-order chi connectivity index (χ1) is 14.5. The van der Waals surface area contributed by atoms with Gasteiger partial charge < -0.3 is 25.6 Å². The number of nitrogens with two attached hydrogens (primary N) is 1. The summed E-state index contributed by atoms with van der Waals surface area (Å²) in [6.07, 6.45) is 4.27. The Hall–Kier alpha value is -2.77. The molecule has 4 N–H and O–H groups in total. The number of carbonyl (C=O) groups is 2. The van der Waals surface area contributed by atoms with E-state index in [0.717, 1.165) is 31.2 Å². The zero-order valence-corrected chi connectivity index (χ0v) is 18.5. The monoisotopic (exact) mass is 450 g/mol. The molecule has 7 nitrogen and oxygen atoms in total. The van der Waals surface area contributed by atoms with Crippen molar-refractivity contribution < 1.29 is 24.2 Å². The third-order valence-corrected chi connectivity index (χ3v) is 4.65. The van der Waals surface area contributed by atoms with Crippen molar-refractivity contribution in [1.29, 1.82) is 0 Å². The van der Waals surface area contributed by atoms with Gasteiger partial charge in [-0.25, -0.2) is 4.79 Å². The van der Waals surface area contributed by atoms with E-state index in [1.165, 1.54) is 19.2 Å². The van der Waals surface area contributed by atoms with Gasteiger partial charge in [-0.05, 0) is 37.1 Å². The van der Waals surface area contributed by atoms with Gasteiger partial charge in [0.1, 0.15) is 17.5 Å².